The second-order valence-electron chi connectivity index (χ2n) is 6.13. The molecular formula is C21H21FN2O3. The molecule has 0 aliphatic carbocycles. The topological polar surface area (TPSA) is 64.4 Å². The number of oxazole rings is 1. The van der Waals surface area contributed by atoms with Gasteiger partial charge in [-0.1, -0.05) is 24.3 Å². The first-order chi connectivity index (χ1) is 13.1. The third-order valence-corrected chi connectivity index (χ3v) is 4.21. The van der Waals surface area contributed by atoms with Crippen LogP contribution in [-0.4, -0.2) is 24.5 Å². The van der Waals surface area contributed by atoms with Gasteiger partial charge in [-0.15, -0.1) is 0 Å². The largest absolute Gasteiger partial charge is 0.496 e. The molecule has 1 aromatic heterocycles. The fourth-order valence-electron chi connectivity index (χ4n) is 2.74. The second kappa shape index (κ2) is 8.49. The van der Waals surface area contributed by atoms with E-state index in [1.807, 2.05) is 24.3 Å². The highest BCUT2D eigenvalue weighted by molar-refractivity contribution is 5.78. The molecule has 140 valence electrons. The van der Waals surface area contributed by atoms with Gasteiger partial charge in [-0.3, -0.25) is 4.79 Å². The molecule has 0 radical (unpaired) electrons. The first-order valence-electron chi connectivity index (χ1n) is 8.67. The van der Waals surface area contributed by atoms with Crippen LogP contribution in [0.5, 0.6) is 5.75 Å². The van der Waals surface area contributed by atoms with E-state index in [0.29, 0.717) is 36.1 Å². The Hall–Kier alpha value is -3.15. The predicted molar refractivity (Wildman–Crippen MR) is 100 cm³/mol. The molecule has 0 fully saturated rings. The fourth-order valence-corrected chi connectivity index (χ4v) is 2.74. The summed E-state index contributed by atoms with van der Waals surface area (Å²) in [6.45, 7) is 2.26. The van der Waals surface area contributed by atoms with Gasteiger partial charge in [-0.25, -0.2) is 9.37 Å². The number of halogens is 1. The highest BCUT2D eigenvalue weighted by Gasteiger charge is 2.17. The lowest BCUT2D eigenvalue weighted by atomic mass is 10.1. The summed E-state index contributed by atoms with van der Waals surface area (Å²) in [5.74, 6) is 1.29. The van der Waals surface area contributed by atoms with Crippen LogP contribution in [0.2, 0.25) is 0 Å². The van der Waals surface area contributed by atoms with Crippen molar-refractivity contribution >= 4 is 5.91 Å². The van der Waals surface area contributed by atoms with E-state index in [9.17, 15) is 9.18 Å². The standard InChI is InChI=1S/C21H21FN2O3/c1-14-18(24-21(27-14)17-5-3-4-6-19(17)26-2)13-20(25)23-12-11-15-7-9-16(22)10-8-15/h3-10H,11-13H2,1-2H3,(H,23,25). The van der Waals surface area contributed by atoms with Crippen molar-refractivity contribution < 1.29 is 18.3 Å². The molecule has 6 heteroatoms. The van der Waals surface area contributed by atoms with Gasteiger partial charge >= 0.3 is 0 Å². The van der Waals surface area contributed by atoms with Gasteiger partial charge < -0.3 is 14.5 Å². The summed E-state index contributed by atoms with van der Waals surface area (Å²) in [4.78, 5) is 16.7. The normalized spacial score (nSPS) is 10.6. The Bertz CT molecular complexity index is 919. The van der Waals surface area contributed by atoms with Crippen molar-refractivity contribution in [3.05, 3.63) is 71.4 Å². The monoisotopic (exact) mass is 368 g/mol. The number of rotatable bonds is 7. The Morgan fingerprint density at radius 3 is 2.67 bits per heavy atom. The number of para-hydroxylation sites is 1. The van der Waals surface area contributed by atoms with E-state index in [4.69, 9.17) is 9.15 Å². The summed E-state index contributed by atoms with van der Waals surface area (Å²) in [7, 11) is 1.59. The van der Waals surface area contributed by atoms with Crippen molar-refractivity contribution in [3.8, 4) is 17.2 Å². The molecule has 0 saturated carbocycles. The summed E-state index contributed by atoms with van der Waals surface area (Å²) in [6.07, 6.45) is 0.768. The van der Waals surface area contributed by atoms with Crippen molar-refractivity contribution in [1.82, 2.24) is 10.3 Å². The molecule has 0 spiro atoms. The number of benzene rings is 2. The van der Waals surface area contributed by atoms with Gasteiger partial charge in [0.05, 0.1) is 24.8 Å². The van der Waals surface area contributed by atoms with Crippen LogP contribution in [0.25, 0.3) is 11.5 Å². The van der Waals surface area contributed by atoms with Crippen molar-refractivity contribution in [1.29, 1.82) is 0 Å². The summed E-state index contributed by atoms with van der Waals surface area (Å²) < 4.78 is 23.9. The first-order valence-corrected chi connectivity index (χ1v) is 8.67. The van der Waals surface area contributed by atoms with E-state index < -0.39 is 0 Å². The molecule has 0 bridgehead atoms. The van der Waals surface area contributed by atoms with Gasteiger partial charge in [0, 0.05) is 6.54 Å². The average molecular weight is 368 g/mol. The van der Waals surface area contributed by atoms with Crippen LogP contribution in [0.15, 0.2) is 52.9 Å². The molecule has 0 saturated heterocycles. The van der Waals surface area contributed by atoms with E-state index in [0.717, 1.165) is 11.1 Å². The lowest BCUT2D eigenvalue weighted by Gasteiger charge is -2.05. The van der Waals surface area contributed by atoms with Crippen LogP contribution in [0, 0.1) is 12.7 Å². The highest BCUT2D eigenvalue weighted by atomic mass is 19.1. The number of ether oxygens (including phenoxy) is 1. The lowest BCUT2D eigenvalue weighted by molar-refractivity contribution is -0.120. The number of carbonyl (C=O) groups is 1. The van der Waals surface area contributed by atoms with Gasteiger partial charge in [0.15, 0.2) is 0 Å². The van der Waals surface area contributed by atoms with Crippen LogP contribution in [-0.2, 0) is 17.6 Å². The zero-order valence-electron chi connectivity index (χ0n) is 15.3. The number of amides is 1. The van der Waals surface area contributed by atoms with E-state index in [1.165, 1.54) is 12.1 Å². The molecule has 1 N–H and O–H groups in total. The minimum absolute atomic E-state index is 0.133. The van der Waals surface area contributed by atoms with Crippen molar-refractivity contribution in [3.63, 3.8) is 0 Å². The molecule has 1 amide bonds. The zero-order chi connectivity index (χ0) is 19.2. The van der Waals surface area contributed by atoms with Gasteiger partial charge in [0.25, 0.3) is 0 Å². The Kier molecular flexibility index (Phi) is 5.86. The number of aromatic nitrogens is 1. The number of aryl methyl sites for hydroxylation is 1. The van der Waals surface area contributed by atoms with Gasteiger partial charge in [0.2, 0.25) is 11.8 Å². The van der Waals surface area contributed by atoms with Crippen LogP contribution < -0.4 is 10.1 Å². The van der Waals surface area contributed by atoms with Crippen LogP contribution in [0.3, 0.4) is 0 Å². The summed E-state index contributed by atoms with van der Waals surface area (Å²) >= 11 is 0. The summed E-state index contributed by atoms with van der Waals surface area (Å²) in [5, 5.41) is 2.85. The molecule has 0 aliphatic heterocycles. The fraction of sp³-hybridized carbons (Fsp3) is 0.238. The molecule has 3 aromatic rings. The van der Waals surface area contributed by atoms with Gasteiger partial charge in [-0.05, 0) is 43.2 Å². The molecule has 0 atom stereocenters. The third-order valence-electron chi connectivity index (χ3n) is 4.21. The SMILES string of the molecule is COc1ccccc1-c1nc(CC(=O)NCCc2ccc(F)cc2)c(C)o1. The third kappa shape index (κ3) is 4.73. The number of hydrogen-bond donors (Lipinski definition) is 1. The molecule has 27 heavy (non-hydrogen) atoms. The quantitative estimate of drug-likeness (QED) is 0.691. The van der Waals surface area contributed by atoms with Crippen molar-refractivity contribution in [2.24, 2.45) is 0 Å². The van der Waals surface area contributed by atoms with Crippen LogP contribution in [0.1, 0.15) is 17.0 Å². The number of hydrogen-bond acceptors (Lipinski definition) is 4. The molecule has 5 nitrogen and oxygen atoms in total. The molecule has 3 rings (SSSR count). The maximum absolute atomic E-state index is 12.9. The molecule has 1 heterocycles. The first kappa shape index (κ1) is 18.6. The Balaban J connectivity index is 1.59. The smallest absolute Gasteiger partial charge is 0.230 e. The maximum atomic E-state index is 12.9. The lowest BCUT2D eigenvalue weighted by Crippen LogP contribution is -2.27. The minimum atomic E-state index is -0.268. The molecular weight excluding hydrogens is 347 g/mol. The molecule has 0 unspecified atom stereocenters. The van der Waals surface area contributed by atoms with Crippen molar-refractivity contribution in [2.45, 2.75) is 19.8 Å². The Labute approximate surface area is 157 Å². The van der Waals surface area contributed by atoms with E-state index in [1.54, 1.807) is 26.2 Å². The van der Waals surface area contributed by atoms with E-state index >= 15 is 0 Å². The molecule has 0 aliphatic rings. The van der Waals surface area contributed by atoms with Gasteiger partial charge in [0.1, 0.15) is 17.3 Å². The number of nitrogens with one attached hydrogen (secondary N) is 1. The predicted octanol–water partition coefficient (Wildman–Crippen LogP) is 3.70. The maximum Gasteiger partial charge on any atom is 0.230 e. The highest BCUT2D eigenvalue weighted by Crippen LogP contribution is 2.30. The average Bonchev–Trinajstić information content (AvgIpc) is 3.03. The Morgan fingerprint density at radius 1 is 1.19 bits per heavy atom. The van der Waals surface area contributed by atoms with E-state index in [2.05, 4.69) is 10.3 Å². The minimum Gasteiger partial charge on any atom is -0.496 e. The number of methoxy groups -OCH3 is 1. The number of carbonyl (C=O) groups excluding carboxylic acids is 1. The molecule has 2 aromatic carbocycles. The van der Waals surface area contributed by atoms with Crippen molar-refractivity contribution in [2.75, 3.05) is 13.7 Å². The number of nitrogens with zero attached hydrogens (tertiary/aromatic N) is 1. The van der Waals surface area contributed by atoms with Gasteiger partial charge in [-0.2, -0.15) is 0 Å². The van der Waals surface area contributed by atoms with Crippen LogP contribution >= 0.6 is 0 Å². The second-order valence-corrected chi connectivity index (χ2v) is 6.13. The van der Waals surface area contributed by atoms with Crippen LogP contribution in [0.4, 0.5) is 4.39 Å². The Morgan fingerprint density at radius 2 is 1.93 bits per heavy atom. The van der Waals surface area contributed by atoms with E-state index in [-0.39, 0.29) is 18.1 Å². The summed E-state index contributed by atoms with van der Waals surface area (Å²) in [5.41, 5.74) is 2.30. The zero-order valence-corrected chi connectivity index (χ0v) is 15.3. The summed E-state index contributed by atoms with van der Waals surface area (Å²) in [6, 6.07) is 13.7.